The van der Waals surface area contributed by atoms with Crippen LogP contribution in [0.1, 0.15) is 17.5 Å². The fraction of sp³-hybridized carbons (Fsp3) is 0.189. The largest absolute Gasteiger partial charge is 0.497 e. The Labute approximate surface area is 274 Å². The number of hydrogen-bond donors (Lipinski definition) is 2. The number of rotatable bonds is 16. The van der Waals surface area contributed by atoms with Gasteiger partial charge in [0.05, 0.1) is 41.7 Å². The molecule has 0 aromatic heterocycles. The van der Waals surface area contributed by atoms with Crippen molar-refractivity contribution in [1.82, 2.24) is 0 Å². The Morgan fingerprint density at radius 2 is 0.936 bits per heavy atom. The van der Waals surface area contributed by atoms with Crippen LogP contribution in [0, 0.1) is 0 Å². The van der Waals surface area contributed by atoms with Gasteiger partial charge < -0.3 is 39.1 Å². The lowest BCUT2D eigenvalue weighted by Gasteiger charge is -2.14. The Morgan fingerprint density at radius 3 is 1.30 bits per heavy atom. The summed E-state index contributed by atoms with van der Waals surface area (Å²) in [6, 6.07) is 25.1. The summed E-state index contributed by atoms with van der Waals surface area (Å²) >= 11 is 0. The maximum atomic E-state index is 12.4. The quantitative estimate of drug-likeness (QED) is 0.101. The van der Waals surface area contributed by atoms with Crippen LogP contribution >= 0.6 is 0 Å². The number of amides is 2. The lowest BCUT2D eigenvalue weighted by atomic mass is 10.2. The fourth-order valence-corrected chi connectivity index (χ4v) is 4.29. The second-order valence-electron chi connectivity index (χ2n) is 9.97. The second kappa shape index (κ2) is 17.6. The molecule has 0 atom stereocenters. The molecule has 4 aromatic rings. The Morgan fingerprint density at radius 1 is 0.532 bits per heavy atom. The summed E-state index contributed by atoms with van der Waals surface area (Å²) in [4.78, 5) is 24.8. The van der Waals surface area contributed by atoms with Crippen LogP contribution in [0.2, 0.25) is 0 Å². The van der Waals surface area contributed by atoms with Crippen LogP contribution in [0.3, 0.4) is 0 Å². The van der Waals surface area contributed by atoms with E-state index in [9.17, 15) is 9.59 Å². The fourth-order valence-electron chi connectivity index (χ4n) is 4.29. The highest BCUT2D eigenvalue weighted by molar-refractivity contribution is 6.02. The molecule has 47 heavy (non-hydrogen) atoms. The van der Waals surface area contributed by atoms with Gasteiger partial charge in [0.1, 0.15) is 11.5 Å². The maximum Gasteiger partial charge on any atom is 0.248 e. The first-order valence-corrected chi connectivity index (χ1v) is 14.8. The Hall–Kier alpha value is -5.90. The highest BCUT2D eigenvalue weighted by Crippen LogP contribution is 2.32. The average Bonchev–Trinajstić information content (AvgIpc) is 3.10. The molecule has 2 amide bonds. The minimum atomic E-state index is -0.277. The van der Waals surface area contributed by atoms with Crippen LogP contribution in [0.15, 0.2) is 97.1 Å². The summed E-state index contributed by atoms with van der Waals surface area (Å²) in [6.45, 7) is 0.729. The number of carbonyl (C=O) groups excluding carboxylic acids is 2. The summed E-state index contributed by atoms with van der Waals surface area (Å²) in [5.74, 6) is 3.00. The zero-order valence-corrected chi connectivity index (χ0v) is 26.8. The number of hydrogen-bond acceptors (Lipinski definition) is 8. The van der Waals surface area contributed by atoms with Gasteiger partial charge in [-0.2, -0.15) is 0 Å². The third-order valence-electron chi connectivity index (χ3n) is 6.75. The summed E-state index contributed by atoms with van der Waals surface area (Å²) in [5.41, 5.74) is 2.89. The van der Waals surface area contributed by atoms with E-state index in [-0.39, 0.29) is 11.8 Å². The molecule has 0 fully saturated rings. The van der Waals surface area contributed by atoms with Crippen molar-refractivity contribution in [1.29, 1.82) is 0 Å². The van der Waals surface area contributed by atoms with Crippen molar-refractivity contribution in [2.24, 2.45) is 0 Å². The molecule has 0 aliphatic heterocycles. The van der Waals surface area contributed by atoms with Crippen molar-refractivity contribution >= 4 is 35.3 Å². The minimum absolute atomic E-state index is 0.277. The van der Waals surface area contributed by atoms with Gasteiger partial charge >= 0.3 is 0 Å². The molecule has 4 aromatic carbocycles. The Kier molecular flexibility index (Phi) is 12.7. The topological polar surface area (TPSA) is 114 Å². The van der Waals surface area contributed by atoms with Gasteiger partial charge in [0.15, 0.2) is 23.0 Å². The number of carbonyl (C=O) groups is 2. The van der Waals surface area contributed by atoms with Gasteiger partial charge in [-0.1, -0.05) is 24.3 Å². The number of ether oxygens (including phenoxy) is 6. The molecule has 0 aliphatic carbocycles. The van der Waals surface area contributed by atoms with Gasteiger partial charge in [-0.15, -0.1) is 0 Å². The molecule has 244 valence electrons. The van der Waals surface area contributed by atoms with Crippen molar-refractivity contribution in [2.45, 2.75) is 6.42 Å². The third kappa shape index (κ3) is 10.6. The summed E-state index contributed by atoms with van der Waals surface area (Å²) < 4.78 is 33.0. The summed E-state index contributed by atoms with van der Waals surface area (Å²) in [6.07, 6.45) is 6.94. The Balaban J connectivity index is 1.22. The van der Waals surface area contributed by atoms with Crippen molar-refractivity contribution in [3.05, 3.63) is 108 Å². The predicted molar refractivity (Wildman–Crippen MR) is 183 cm³/mol. The molecule has 10 heteroatoms. The van der Waals surface area contributed by atoms with Crippen LogP contribution < -0.4 is 39.1 Å². The van der Waals surface area contributed by atoms with Crippen LogP contribution in [0.4, 0.5) is 11.4 Å². The first-order chi connectivity index (χ1) is 22.9. The molecule has 0 aliphatic rings. The molecular formula is C37H38N2O8. The average molecular weight is 639 g/mol. The summed E-state index contributed by atoms with van der Waals surface area (Å²) in [7, 11) is 6.28. The predicted octanol–water partition coefficient (Wildman–Crippen LogP) is 6.87. The Bertz CT molecular complexity index is 1560. The van der Waals surface area contributed by atoms with Crippen molar-refractivity contribution < 1.29 is 38.0 Å². The van der Waals surface area contributed by atoms with E-state index >= 15 is 0 Å². The smallest absolute Gasteiger partial charge is 0.248 e. The molecular weight excluding hydrogens is 600 g/mol. The molecule has 4 rings (SSSR count). The van der Waals surface area contributed by atoms with E-state index in [0.717, 1.165) is 22.6 Å². The van der Waals surface area contributed by atoms with Crippen LogP contribution in [-0.2, 0) is 9.59 Å². The number of benzene rings is 4. The van der Waals surface area contributed by atoms with Gasteiger partial charge in [-0.05, 0) is 71.8 Å². The third-order valence-corrected chi connectivity index (χ3v) is 6.75. The number of nitrogens with one attached hydrogen (secondary N) is 2. The SMILES string of the molecule is COc1ccc(C=CC(=O)Nc2ccc(OCCCOc3ccc(NC(=O)C=Cc4ccc(OC)cc4)cc3OC)c(OC)c2)cc1. The van der Waals surface area contributed by atoms with Crippen LogP contribution in [-0.4, -0.2) is 53.5 Å². The van der Waals surface area contributed by atoms with Crippen molar-refractivity contribution in [3.8, 4) is 34.5 Å². The van der Waals surface area contributed by atoms with Gasteiger partial charge in [-0.3, -0.25) is 9.59 Å². The molecule has 0 unspecified atom stereocenters. The van der Waals surface area contributed by atoms with Gasteiger partial charge in [0.25, 0.3) is 0 Å². The highest BCUT2D eigenvalue weighted by atomic mass is 16.5. The zero-order valence-electron chi connectivity index (χ0n) is 26.8. The van der Waals surface area contributed by atoms with Gasteiger partial charge in [0, 0.05) is 42.1 Å². The molecule has 0 saturated carbocycles. The molecule has 10 nitrogen and oxygen atoms in total. The monoisotopic (exact) mass is 638 g/mol. The molecule has 2 N–H and O–H groups in total. The molecule has 0 spiro atoms. The molecule has 0 bridgehead atoms. The van der Waals surface area contributed by atoms with E-state index in [0.29, 0.717) is 54.0 Å². The normalized spacial score (nSPS) is 10.8. The molecule has 0 saturated heterocycles. The number of methoxy groups -OCH3 is 4. The minimum Gasteiger partial charge on any atom is -0.497 e. The highest BCUT2D eigenvalue weighted by Gasteiger charge is 2.10. The van der Waals surface area contributed by atoms with E-state index in [4.69, 9.17) is 28.4 Å². The van der Waals surface area contributed by atoms with E-state index in [1.54, 1.807) is 62.8 Å². The number of anilines is 2. The second-order valence-corrected chi connectivity index (χ2v) is 9.97. The van der Waals surface area contributed by atoms with E-state index < -0.39 is 0 Å². The zero-order chi connectivity index (χ0) is 33.4. The van der Waals surface area contributed by atoms with E-state index in [1.807, 2.05) is 48.5 Å². The summed E-state index contributed by atoms with van der Waals surface area (Å²) in [5, 5.41) is 5.65. The van der Waals surface area contributed by atoms with Crippen molar-refractivity contribution in [2.75, 3.05) is 52.3 Å². The lowest BCUT2D eigenvalue weighted by Crippen LogP contribution is -2.09. The molecule has 0 heterocycles. The standard InChI is InChI=1S/C37H38N2O8/c1-42-30-14-6-26(7-15-30)10-20-36(40)38-28-12-18-32(34(24-28)44-3)46-22-5-23-47-33-19-13-29(25-35(33)45-4)39-37(41)21-11-27-8-16-31(43-2)17-9-27/h6-21,24-25H,5,22-23H2,1-4H3,(H,38,40)(H,39,41). The van der Waals surface area contributed by atoms with E-state index in [1.165, 1.54) is 26.4 Å². The van der Waals surface area contributed by atoms with E-state index in [2.05, 4.69) is 10.6 Å². The first kappa shape index (κ1) is 34.0. The first-order valence-electron chi connectivity index (χ1n) is 14.8. The van der Waals surface area contributed by atoms with Gasteiger partial charge in [-0.25, -0.2) is 0 Å². The maximum absolute atomic E-state index is 12.4. The lowest BCUT2D eigenvalue weighted by molar-refractivity contribution is -0.112. The van der Waals surface area contributed by atoms with Crippen LogP contribution in [0.25, 0.3) is 12.2 Å². The van der Waals surface area contributed by atoms with Crippen molar-refractivity contribution in [3.63, 3.8) is 0 Å². The molecule has 0 radical (unpaired) electrons. The van der Waals surface area contributed by atoms with Gasteiger partial charge in [0.2, 0.25) is 11.8 Å². The van der Waals surface area contributed by atoms with Crippen LogP contribution in [0.5, 0.6) is 34.5 Å².